The molecule has 0 aromatic rings. The molecule has 0 aliphatic carbocycles. The van der Waals surface area contributed by atoms with Crippen molar-refractivity contribution in [2.45, 2.75) is 20.0 Å². The smallest absolute Gasteiger partial charge is 0.264 e. The van der Waals surface area contributed by atoms with E-state index in [1.54, 1.807) is 13.8 Å². The van der Waals surface area contributed by atoms with Gasteiger partial charge in [-0.2, -0.15) is 0 Å². The van der Waals surface area contributed by atoms with Gasteiger partial charge in [0.2, 0.25) is 0 Å². The molecule has 0 radical (unpaired) electrons. The van der Waals surface area contributed by atoms with Crippen molar-refractivity contribution in [1.82, 2.24) is 4.63 Å². The van der Waals surface area contributed by atoms with Crippen LogP contribution in [0.25, 0.3) is 0 Å². The van der Waals surface area contributed by atoms with Crippen molar-refractivity contribution in [2.24, 2.45) is 0 Å². The quantitative estimate of drug-likeness (QED) is 0.491. The number of rotatable bonds is 5. The first-order valence-electron chi connectivity index (χ1n) is 3.15. The van der Waals surface area contributed by atoms with E-state index in [0.29, 0.717) is 9.33 Å². The Morgan fingerprint density at radius 1 is 1.50 bits per heavy atom. The summed E-state index contributed by atoms with van der Waals surface area (Å²) in [6, 6.07) is 0. The first-order chi connectivity index (χ1) is 5.44. The largest absolute Gasteiger partial charge is 0.292 e. The summed E-state index contributed by atoms with van der Waals surface area (Å²) in [6.45, 7) is 3.34. The molecule has 0 aromatic heterocycles. The first-order valence-corrected chi connectivity index (χ1v) is 5.13. The van der Waals surface area contributed by atoms with E-state index in [4.69, 9.17) is 4.84 Å². The Morgan fingerprint density at radius 3 is 2.25 bits per heavy atom. The molecule has 0 fully saturated rings. The minimum Gasteiger partial charge on any atom is -0.264 e. The molecule has 0 spiro atoms. The second kappa shape index (κ2) is 4.83. The maximum Gasteiger partial charge on any atom is 0.292 e. The average molecular weight is 213 g/mol. The summed E-state index contributed by atoms with van der Waals surface area (Å²) >= 11 is 4.27. The summed E-state index contributed by atoms with van der Waals surface area (Å²) in [4.78, 5) is 9.22. The van der Waals surface area contributed by atoms with Gasteiger partial charge in [-0.3, -0.25) is 9.68 Å². The van der Waals surface area contributed by atoms with Crippen LogP contribution in [0.15, 0.2) is 0 Å². The average Bonchev–Trinajstić information content (AvgIpc) is 1.99. The van der Waals surface area contributed by atoms with Crippen LogP contribution in [0.3, 0.4) is 0 Å². The van der Waals surface area contributed by atoms with E-state index in [0.717, 1.165) is 0 Å². The minimum absolute atomic E-state index is 0.297. The Balaban J connectivity index is 4.46. The summed E-state index contributed by atoms with van der Waals surface area (Å²) in [7, 11) is -2.55. The highest BCUT2D eigenvalue weighted by molar-refractivity contribution is 8.13. The Labute approximate surface area is 77.2 Å². The van der Waals surface area contributed by atoms with Crippen molar-refractivity contribution in [2.75, 3.05) is 7.11 Å². The highest BCUT2D eigenvalue weighted by Crippen LogP contribution is 2.03. The predicted octanol–water partition coefficient (Wildman–Crippen LogP) is 0.477. The molecule has 0 saturated carbocycles. The van der Waals surface area contributed by atoms with E-state index in [9.17, 15) is 8.42 Å². The van der Waals surface area contributed by atoms with Crippen molar-refractivity contribution in [3.05, 3.63) is 0 Å². The normalized spacial score (nSPS) is 12.4. The number of sulfonamides is 1. The lowest BCUT2D eigenvalue weighted by molar-refractivity contribution is -0.302. The van der Waals surface area contributed by atoms with Crippen molar-refractivity contribution < 1.29 is 18.1 Å². The highest BCUT2D eigenvalue weighted by atomic mass is 32.2. The molecule has 0 heterocycles. The fourth-order valence-corrected chi connectivity index (χ4v) is 1.20. The third kappa shape index (κ3) is 3.55. The van der Waals surface area contributed by atoms with Crippen molar-refractivity contribution in [3.8, 4) is 0 Å². The van der Waals surface area contributed by atoms with E-state index in [-0.39, 0.29) is 6.10 Å². The van der Waals surface area contributed by atoms with Crippen LogP contribution in [-0.2, 0) is 19.7 Å². The Bertz CT molecular complexity index is 236. The maximum absolute atomic E-state index is 11.0. The van der Waals surface area contributed by atoms with Gasteiger partial charge < -0.3 is 0 Å². The van der Waals surface area contributed by atoms with Gasteiger partial charge in [-0.05, 0) is 13.8 Å². The van der Waals surface area contributed by atoms with E-state index in [2.05, 4.69) is 17.1 Å². The monoisotopic (exact) mass is 213 g/mol. The van der Waals surface area contributed by atoms with Crippen LogP contribution in [0, 0.1) is 0 Å². The van der Waals surface area contributed by atoms with Crippen molar-refractivity contribution in [1.29, 1.82) is 0 Å². The van der Waals surface area contributed by atoms with Crippen LogP contribution >= 0.6 is 12.2 Å². The van der Waals surface area contributed by atoms with E-state index >= 15 is 0 Å². The summed E-state index contributed by atoms with van der Waals surface area (Å²) in [5.41, 5.74) is 0. The van der Waals surface area contributed by atoms with Gasteiger partial charge in [-0.1, -0.05) is 12.2 Å². The zero-order valence-electron chi connectivity index (χ0n) is 7.05. The van der Waals surface area contributed by atoms with Crippen LogP contribution in [0.5, 0.6) is 0 Å². The molecular weight excluding hydrogens is 202 g/mol. The Morgan fingerprint density at radius 2 is 2.00 bits per heavy atom. The third-order valence-electron chi connectivity index (χ3n) is 0.775. The molecule has 0 unspecified atom stereocenters. The van der Waals surface area contributed by atoms with Gasteiger partial charge in [0.05, 0.1) is 17.8 Å². The first kappa shape index (κ1) is 11.9. The Kier molecular flexibility index (Phi) is 4.80. The van der Waals surface area contributed by atoms with Crippen LogP contribution < -0.4 is 0 Å². The van der Waals surface area contributed by atoms with Gasteiger partial charge in [0.25, 0.3) is 10.0 Å². The summed E-state index contributed by atoms with van der Waals surface area (Å²) in [5, 5.41) is 0. The molecule has 0 amide bonds. The molecule has 72 valence electrons. The summed E-state index contributed by atoms with van der Waals surface area (Å²) in [6.07, 6.45) is -0.297. The van der Waals surface area contributed by atoms with Gasteiger partial charge >= 0.3 is 0 Å². The van der Waals surface area contributed by atoms with Crippen LogP contribution in [0.1, 0.15) is 13.8 Å². The third-order valence-corrected chi connectivity index (χ3v) is 2.40. The summed E-state index contributed by atoms with van der Waals surface area (Å²) < 4.78 is 22.9. The Hall–Kier alpha value is -0.0800. The second-order valence-electron chi connectivity index (χ2n) is 2.17. The van der Waals surface area contributed by atoms with Gasteiger partial charge in [0.1, 0.15) is 4.70 Å². The van der Waals surface area contributed by atoms with Crippen LogP contribution in [-0.4, -0.2) is 31.0 Å². The molecule has 0 rings (SSSR count). The number of hydrogen-bond donors (Lipinski definition) is 0. The molecule has 5 nitrogen and oxygen atoms in total. The molecule has 0 N–H and O–H groups in total. The zero-order chi connectivity index (χ0) is 9.78. The molecule has 0 aliphatic rings. The lowest BCUT2D eigenvalue weighted by Crippen LogP contribution is -2.32. The number of nitrogens with zero attached hydrogens (tertiary/aromatic N) is 1. The van der Waals surface area contributed by atoms with Crippen molar-refractivity contribution in [3.63, 3.8) is 0 Å². The number of thiocarbonyl (C=S) groups is 1. The van der Waals surface area contributed by atoms with E-state index in [1.165, 1.54) is 7.11 Å². The van der Waals surface area contributed by atoms with E-state index < -0.39 is 10.0 Å². The van der Waals surface area contributed by atoms with Crippen molar-refractivity contribution >= 4 is 26.9 Å². The van der Waals surface area contributed by atoms with Crippen LogP contribution in [0.2, 0.25) is 0 Å². The molecule has 12 heavy (non-hydrogen) atoms. The second-order valence-corrected chi connectivity index (χ2v) is 4.27. The predicted molar refractivity (Wildman–Crippen MR) is 47.6 cm³/mol. The van der Waals surface area contributed by atoms with Gasteiger partial charge in [0, 0.05) is 0 Å². The number of hydrogen-bond acceptors (Lipinski definition) is 5. The van der Waals surface area contributed by atoms with Gasteiger partial charge in [-0.25, -0.2) is 8.42 Å². The minimum atomic E-state index is -3.73. The van der Waals surface area contributed by atoms with Crippen LogP contribution in [0.4, 0.5) is 0 Å². The van der Waals surface area contributed by atoms with E-state index in [1.807, 2.05) is 0 Å². The van der Waals surface area contributed by atoms with Gasteiger partial charge in [-0.15, -0.1) is 0 Å². The zero-order valence-corrected chi connectivity index (χ0v) is 8.68. The lowest BCUT2D eigenvalue weighted by atomic mass is 10.5. The fourth-order valence-electron chi connectivity index (χ4n) is 0.414. The topological polar surface area (TPSA) is 55.8 Å². The molecular formula is C5H11NO4S2. The molecule has 0 bridgehead atoms. The SMILES string of the molecule is CON(OC(C)C)S(=O)(=O)C=S. The standard InChI is InChI=1S/C5H11NO4S2/c1-5(2)10-6(9-3)12(7,8)4-11/h4-5H,1-3H3. The molecule has 0 saturated heterocycles. The maximum atomic E-state index is 11.0. The molecule has 0 atom stereocenters. The fraction of sp³-hybridized carbons (Fsp3) is 0.800. The molecule has 7 heteroatoms. The van der Waals surface area contributed by atoms with Gasteiger partial charge in [0.15, 0.2) is 0 Å². The molecule has 0 aromatic carbocycles. The molecule has 0 aliphatic heterocycles. The lowest BCUT2D eigenvalue weighted by Gasteiger charge is -2.17. The highest BCUT2D eigenvalue weighted by Gasteiger charge is 2.21. The summed E-state index contributed by atoms with van der Waals surface area (Å²) in [5.74, 6) is 0.